The van der Waals surface area contributed by atoms with Crippen molar-refractivity contribution in [2.75, 3.05) is 0 Å². The van der Waals surface area contributed by atoms with Crippen LogP contribution in [-0.2, 0) is 4.79 Å². The molecule has 0 unspecified atom stereocenters. The molecule has 0 aromatic rings. The second-order valence-electron chi connectivity index (χ2n) is 2.83. The van der Waals surface area contributed by atoms with Crippen molar-refractivity contribution in [1.82, 2.24) is 0 Å². The maximum atomic E-state index is 9.73. The standard InChI is InChI=1S/C5H8O2.C4H10O2/c1-4(2)3-5(6)7;1-2-3-4(5)6/h3H,1-2H3,(H,6,7);4-6H,2-3H2,1H3. The van der Waals surface area contributed by atoms with E-state index in [1.54, 1.807) is 13.8 Å². The maximum Gasteiger partial charge on any atom is 0.328 e. The number of hydrogen-bond acceptors (Lipinski definition) is 3. The summed E-state index contributed by atoms with van der Waals surface area (Å²) in [6.45, 7) is 5.39. The van der Waals surface area contributed by atoms with Crippen molar-refractivity contribution in [1.29, 1.82) is 0 Å². The number of carbonyl (C=O) groups is 1. The van der Waals surface area contributed by atoms with E-state index >= 15 is 0 Å². The van der Waals surface area contributed by atoms with Crippen LogP contribution in [0.5, 0.6) is 0 Å². The Balaban J connectivity index is 0. The highest BCUT2D eigenvalue weighted by molar-refractivity contribution is 5.80. The van der Waals surface area contributed by atoms with Crippen LogP contribution in [0.2, 0.25) is 0 Å². The van der Waals surface area contributed by atoms with Crippen LogP contribution in [0.3, 0.4) is 0 Å². The largest absolute Gasteiger partial charge is 0.478 e. The van der Waals surface area contributed by atoms with Gasteiger partial charge in [0, 0.05) is 6.08 Å². The lowest BCUT2D eigenvalue weighted by atomic mass is 10.3. The summed E-state index contributed by atoms with van der Waals surface area (Å²) in [5, 5.41) is 24.2. The van der Waals surface area contributed by atoms with Gasteiger partial charge < -0.3 is 15.3 Å². The molecule has 0 atom stereocenters. The highest BCUT2D eigenvalue weighted by Crippen LogP contribution is 1.88. The number of carboxylic acid groups (broad SMARTS) is 1. The fourth-order valence-electron chi connectivity index (χ4n) is 0.505. The Morgan fingerprint density at radius 3 is 1.85 bits per heavy atom. The quantitative estimate of drug-likeness (QED) is 0.460. The van der Waals surface area contributed by atoms with Gasteiger partial charge in [0.1, 0.15) is 0 Å². The number of hydrogen-bond donors (Lipinski definition) is 3. The molecule has 0 heterocycles. The summed E-state index contributed by atoms with van der Waals surface area (Å²) in [7, 11) is 0. The predicted molar refractivity (Wildman–Crippen MR) is 50.2 cm³/mol. The van der Waals surface area contributed by atoms with Gasteiger partial charge in [0.15, 0.2) is 6.29 Å². The van der Waals surface area contributed by atoms with E-state index in [1.165, 1.54) is 6.08 Å². The van der Waals surface area contributed by atoms with Gasteiger partial charge in [-0.05, 0) is 20.3 Å². The SMILES string of the molecule is CC(C)=CC(=O)O.CCCC(O)O. The molecule has 0 saturated carbocycles. The molecule has 0 saturated heterocycles. The van der Waals surface area contributed by atoms with Crippen LogP contribution in [0.1, 0.15) is 33.6 Å². The molecule has 0 radical (unpaired) electrons. The number of rotatable bonds is 3. The molecule has 0 aromatic carbocycles. The minimum atomic E-state index is -1.10. The van der Waals surface area contributed by atoms with E-state index in [2.05, 4.69) is 0 Å². The Morgan fingerprint density at radius 2 is 1.85 bits per heavy atom. The van der Waals surface area contributed by atoms with Gasteiger partial charge in [-0.25, -0.2) is 4.79 Å². The van der Waals surface area contributed by atoms with Crippen molar-refractivity contribution in [3.05, 3.63) is 11.6 Å². The lowest BCUT2D eigenvalue weighted by Crippen LogP contribution is -2.01. The number of aliphatic hydroxyl groups is 2. The third-order valence-electron chi connectivity index (χ3n) is 0.959. The Morgan fingerprint density at radius 1 is 1.38 bits per heavy atom. The molecule has 0 aliphatic heterocycles. The van der Waals surface area contributed by atoms with Crippen LogP contribution in [0.15, 0.2) is 11.6 Å². The molecule has 3 N–H and O–H groups in total. The van der Waals surface area contributed by atoms with Crippen molar-refractivity contribution in [3.63, 3.8) is 0 Å². The average molecular weight is 190 g/mol. The molecule has 78 valence electrons. The van der Waals surface area contributed by atoms with Crippen molar-refractivity contribution < 1.29 is 20.1 Å². The van der Waals surface area contributed by atoms with Gasteiger partial charge in [-0.2, -0.15) is 0 Å². The van der Waals surface area contributed by atoms with Crippen LogP contribution in [-0.4, -0.2) is 27.6 Å². The molecule has 0 aliphatic rings. The number of aliphatic hydroxyl groups excluding tert-OH is 1. The predicted octanol–water partition coefficient (Wildman–Crippen LogP) is 1.13. The lowest BCUT2D eigenvalue weighted by molar-refractivity contribution is -0.131. The summed E-state index contributed by atoms with van der Waals surface area (Å²) >= 11 is 0. The highest BCUT2D eigenvalue weighted by atomic mass is 16.5. The Labute approximate surface area is 78.5 Å². The Bertz CT molecular complexity index is 157. The minimum Gasteiger partial charge on any atom is -0.478 e. The van der Waals surface area contributed by atoms with Crippen LogP contribution in [0, 0.1) is 0 Å². The van der Waals surface area contributed by atoms with Gasteiger partial charge >= 0.3 is 5.97 Å². The maximum absolute atomic E-state index is 9.73. The van der Waals surface area contributed by atoms with E-state index in [-0.39, 0.29) is 0 Å². The van der Waals surface area contributed by atoms with Crippen LogP contribution in [0.25, 0.3) is 0 Å². The van der Waals surface area contributed by atoms with Crippen molar-refractivity contribution in [2.45, 2.75) is 39.9 Å². The van der Waals surface area contributed by atoms with Crippen molar-refractivity contribution >= 4 is 5.97 Å². The average Bonchev–Trinajstić information content (AvgIpc) is 1.83. The zero-order chi connectivity index (χ0) is 10.9. The second-order valence-corrected chi connectivity index (χ2v) is 2.83. The molecule has 0 aliphatic carbocycles. The van der Waals surface area contributed by atoms with Gasteiger partial charge in [-0.15, -0.1) is 0 Å². The smallest absolute Gasteiger partial charge is 0.328 e. The summed E-state index contributed by atoms with van der Waals surface area (Å²) in [5.74, 6) is -0.875. The van der Waals surface area contributed by atoms with Crippen LogP contribution >= 0.6 is 0 Å². The first-order valence-electron chi connectivity index (χ1n) is 4.14. The Hall–Kier alpha value is -0.870. The van der Waals surface area contributed by atoms with Crippen molar-refractivity contribution in [2.24, 2.45) is 0 Å². The van der Waals surface area contributed by atoms with Gasteiger partial charge in [0.25, 0.3) is 0 Å². The van der Waals surface area contributed by atoms with E-state index in [0.717, 1.165) is 12.0 Å². The summed E-state index contributed by atoms with van der Waals surface area (Å²) in [6, 6.07) is 0. The highest BCUT2D eigenvalue weighted by Gasteiger charge is 1.89. The fourth-order valence-corrected chi connectivity index (χ4v) is 0.505. The summed E-state index contributed by atoms with van der Waals surface area (Å²) in [4.78, 5) is 9.73. The van der Waals surface area contributed by atoms with E-state index in [4.69, 9.17) is 15.3 Å². The molecule has 13 heavy (non-hydrogen) atoms. The summed E-state index contributed by atoms with van der Waals surface area (Å²) in [5.41, 5.74) is 0.813. The summed E-state index contributed by atoms with van der Waals surface area (Å²) in [6.07, 6.45) is 1.38. The van der Waals surface area contributed by atoms with Crippen molar-refractivity contribution in [3.8, 4) is 0 Å². The van der Waals surface area contributed by atoms with Gasteiger partial charge in [0.05, 0.1) is 0 Å². The first kappa shape index (κ1) is 14.6. The third kappa shape index (κ3) is 24.7. The molecule has 4 nitrogen and oxygen atoms in total. The zero-order valence-corrected chi connectivity index (χ0v) is 8.32. The van der Waals surface area contributed by atoms with E-state index in [1.807, 2.05) is 6.92 Å². The van der Waals surface area contributed by atoms with Crippen LogP contribution < -0.4 is 0 Å². The van der Waals surface area contributed by atoms with Gasteiger partial charge in [-0.1, -0.05) is 18.9 Å². The molecule has 0 amide bonds. The third-order valence-corrected chi connectivity index (χ3v) is 0.959. The van der Waals surface area contributed by atoms with Gasteiger partial charge in [0.2, 0.25) is 0 Å². The molecule has 0 spiro atoms. The minimum absolute atomic E-state index is 0.486. The number of carboxylic acids is 1. The van der Waals surface area contributed by atoms with E-state index in [9.17, 15) is 4.79 Å². The first-order chi connectivity index (χ1) is 5.90. The van der Waals surface area contributed by atoms with Gasteiger partial charge in [-0.3, -0.25) is 0 Å². The number of aliphatic carboxylic acids is 1. The normalized spacial score (nSPS) is 8.77. The lowest BCUT2D eigenvalue weighted by Gasteiger charge is -1.94. The Kier molecular flexibility index (Phi) is 10.4. The summed E-state index contributed by atoms with van der Waals surface area (Å²) < 4.78 is 0. The molecular formula is C9H18O4. The first-order valence-corrected chi connectivity index (χ1v) is 4.14. The topological polar surface area (TPSA) is 77.8 Å². The van der Waals surface area contributed by atoms with E-state index in [0.29, 0.717) is 6.42 Å². The zero-order valence-electron chi connectivity index (χ0n) is 8.32. The monoisotopic (exact) mass is 190 g/mol. The second kappa shape index (κ2) is 9.22. The van der Waals surface area contributed by atoms with E-state index < -0.39 is 12.3 Å². The van der Waals surface area contributed by atoms with Crippen LogP contribution in [0.4, 0.5) is 0 Å². The molecule has 0 fully saturated rings. The molecular weight excluding hydrogens is 172 g/mol. The molecule has 4 heteroatoms. The molecule has 0 rings (SSSR count). The fraction of sp³-hybridized carbons (Fsp3) is 0.667. The number of allylic oxidation sites excluding steroid dienone is 1. The molecule has 0 aromatic heterocycles. The molecule has 0 bridgehead atoms.